The van der Waals surface area contributed by atoms with Crippen LogP contribution in [0.25, 0.3) is 5.76 Å². The van der Waals surface area contributed by atoms with Crippen molar-refractivity contribution >= 4 is 34.9 Å². The Bertz CT molecular complexity index is 1210. The largest absolute Gasteiger partial charge is 0.507 e. The molecule has 0 unspecified atom stereocenters. The molecule has 4 rings (SSSR count). The van der Waals surface area contributed by atoms with Crippen LogP contribution in [-0.4, -0.2) is 28.6 Å². The average Bonchev–Trinajstić information content (AvgIpc) is 3.33. The van der Waals surface area contributed by atoms with Gasteiger partial charge in [-0.1, -0.05) is 41.5 Å². The molecule has 162 valence electrons. The zero-order valence-corrected chi connectivity index (χ0v) is 17.9. The number of aliphatic hydroxyl groups excluding tert-OH is 1. The van der Waals surface area contributed by atoms with Crippen molar-refractivity contribution in [3.05, 3.63) is 94.7 Å². The summed E-state index contributed by atoms with van der Waals surface area (Å²) in [5.74, 6) is -0.708. The second kappa shape index (κ2) is 8.72. The van der Waals surface area contributed by atoms with Crippen LogP contribution < -0.4 is 9.64 Å². The molecular formula is C24H19ClN2O5. The molecule has 2 aromatic carbocycles. The fourth-order valence-corrected chi connectivity index (χ4v) is 3.64. The smallest absolute Gasteiger partial charge is 0.301 e. The lowest BCUT2D eigenvalue weighted by molar-refractivity contribution is -0.132. The number of carbonyl (C=O) groups excluding carboxylic acids is 2. The molecule has 0 bridgehead atoms. The average molecular weight is 451 g/mol. The van der Waals surface area contributed by atoms with Crippen molar-refractivity contribution in [2.45, 2.75) is 13.0 Å². The van der Waals surface area contributed by atoms with Crippen molar-refractivity contribution in [2.24, 2.45) is 0 Å². The van der Waals surface area contributed by atoms with Gasteiger partial charge in [-0.3, -0.25) is 14.5 Å². The van der Waals surface area contributed by atoms with E-state index in [0.717, 1.165) is 0 Å². The molecule has 8 heteroatoms. The second-order valence-electron chi connectivity index (χ2n) is 7.14. The Morgan fingerprint density at radius 1 is 1.22 bits per heavy atom. The van der Waals surface area contributed by atoms with Crippen LogP contribution in [0.5, 0.6) is 5.75 Å². The molecule has 1 N–H and O–H groups in total. The highest BCUT2D eigenvalue weighted by molar-refractivity contribution is 6.51. The summed E-state index contributed by atoms with van der Waals surface area (Å²) < 4.78 is 10.6. The SMILES string of the molecule is C=CCOc1ccc(C(O)=C2C(=O)C(=O)N(c3cc(C)on3)[C@@H]2c2ccc(Cl)cc2)cc1. The predicted octanol–water partition coefficient (Wildman–Crippen LogP) is 4.83. The first-order valence-electron chi connectivity index (χ1n) is 9.74. The molecule has 0 spiro atoms. The number of benzene rings is 2. The van der Waals surface area contributed by atoms with Crippen molar-refractivity contribution in [2.75, 3.05) is 11.5 Å². The maximum Gasteiger partial charge on any atom is 0.301 e. The number of nitrogens with zero attached hydrogens (tertiary/aromatic N) is 2. The van der Waals surface area contributed by atoms with Crippen molar-refractivity contribution in [3.8, 4) is 5.75 Å². The number of halogens is 1. The Labute approximate surface area is 189 Å². The van der Waals surface area contributed by atoms with Crippen LogP contribution in [0, 0.1) is 6.92 Å². The number of anilines is 1. The predicted molar refractivity (Wildman–Crippen MR) is 120 cm³/mol. The van der Waals surface area contributed by atoms with Gasteiger partial charge in [0, 0.05) is 16.7 Å². The lowest BCUT2D eigenvalue weighted by atomic mass is 9.95. The van der Waals surface area contributed by atoms with E-state index in [1.165, 1.54) is 4.90 Å². The van der Waals surface area contributed by atoms with Gasteiger partial charge < -0.3 is 14.4 Å². The van der Waals surface area contributed by atoms with Crippen molar-refractivity contribution in [1.29, 1.82) is 0 Å². The van der Waals surface area contributed by atoms with Gasteiger partial charge in [0.15, 0.2) is 5.82 Å². The highest BCUT2D eigenvalue weighted by atomic mass is 35.5. The van der Waals surface area contributed by atoms with Crippen molar-refractivity contribution in [1.82, 2.24) is 5.16 Å². The highest BCUT2D eigenvalue weighted by Crippen LogP contribution is 2.42. The topological polar surface area (TPSA) is 92.9 Å². The molecule has 0 saturated carbocycles. The van der Waals surface area contributed by atoms with E-state index in [1.54, 1.807) is 67.6 Å². The summed E-state index contributed by atoms with van der Waals surface area (Å²) in [5, 5.41) is 15.5. The van der Waals surface area contributed by atoms with Crippen LogP contribution in [0.2, 0.25) is 5.02 Å². The van der Waals surface area contributed by atoms with Gasteiger partial charge in [-0.25, -0.2) is 0 Å². The summed E-state index contributed by atoms with van der Waals surface area (Å²) in [6, 6.07) is 13.9. The number of hydrogen-bond donors (Lipinski definition) is 1. The fraction of sp³-hybridized carbons (Fsp3) is 0.125. The minimum Gasteiger partial charge on any atom is -0.507 e. The van der Waals surface area contributed by atoms with Gasteiger partial charge in [-0.15, -0.1) is 0 Å². The van der Waals surface area contributed by atoms with E-state index in [1.807, 2.05) is 0 Å². The maximum absolute atomic E-state index is 13.0. The van der Waals surface area contributed by atoms with E-state index in [4.69, 9.17) is 20.9 Å². The van der Waals surface area contributed by atoms with Gasteiger partial charge >= 0.3 is 5.91 Å². The number of aromatic nitrogens is 1. The minimum absolute atomic E-state index is 0.0577. The maximum atomic E-state index is 13.0. The first-order valence-corrected chi connectivity index (χ1v) is 10.1. The molecule has 1 fully saturated rings. The molecule has 1 amide bonds. The molecule has 1 aromatic heterocycles. The van der Waals surface area contributed by atoms with Gasteiger partial charge in [-0.05, 0) is 48.9 Å². The van der Waals surface area contributed by atoms with Gasteiger partial charge in [0.2, 0.25) is 0 Å². The molecule has 3 aromatic rings. The van der Waals surface area contributed by atoms with Gasteiger partial charge in [0.1, 0.15) is 23.9 Å². The van der Waals surface area contributed by atoms with Crippen LogP contribution in [-0.2, 0) is 9.59 Å². The molecule has 0 radical (unpaired) electrons. The Morgan fingerprint density at radius 2 is 1.91 bits per heavy atom. The molecule has 0 aliphatic carbocycles. The van der Waals surface area contributed by atoms with E-state index >= 15 is 0 Å². The molecule has 1 aliphatic heterocycles. The van der Waals surface area contributed by atoms with Crippen molar-refractivity contribution < 1.29 is 24.0 Å². The molecule has 1 atom stereocenters. The van der Waals surface area contributed by atoms with E-state index in [9.17, 15) is 14.7 Å². The number of aliphatic hydroxyl groups is 1. The zero-order chi connectivity index (χ0) is 22.8. The van der Waals surface area contributed by atoms with Crippen LogP contribution >= 0.6 is 11.6 Å². The number of aryl methyl sites for hydroxylation is 1. The molecule has 1 saturated heterocycles. The number of amides is 1. The van der Waals surface area contributed by atoms with Gasteiger partial charge in [0.05, 0.1) is 11.6 Å². The highest BCUT2D eigenvalue weighted by Gasteiger charge is 2.48. The number of hydrogen-bond acceptors (Lipinski definition) is 6. The lowest BCUT2D eigenvalue weighted by Crippen LogP contribution is -2.29. The third-order valence-electron chi connectivity index (χ3n) is 4.99. The summed E-state index contributed by atoms with van der Waals surface area (Å²) >= 11 is 6.02. The Hall–Kier alpha value is -3.84. The molecule has 7 nitrogen and oxygen atoms in total. The number of ether oxygens (including phenoxy) is 1. The molecule has 2 heterocycles. The summed E-state index contributed by atoms with van der Waals surface area (Å²) in [4.78, 5) is 27.2. The monoisotopic (exact) mass is 450 g/mol. The Balaban J connectivity index is 1.84. The number of rotatable bonds is 6. The van der Waals surface area contributed by atoms with Crippen LogP contribution in [0.3, 0.4) is 0 Å². The van der Waals surface area contributed by atoms with Gasteiger partial charge in [-0.2, -0.15) is 0 Å². The van der Waals surface area contributed by atoms with Gasteiger partial charge in [0.25, 0.3) is 5.78 Å². The van der Waals surface area contributed by atoms with E-state index in [2.05, 4.69) is 11.7 Å². The summed E-state index contributed by atoms with van der Waals surface area (Å²) in [7, 11) is 0. The summed E-state index contributed by atoms with van der Waals surface area (Å²) in [5.41, 5.74) is 0.892. The lowest BCUT2D eigenvalue weighted by Gasteiger charge is -2.22. The summed E-state index contributed by atoms with van der Waals surface area (Å²) in [6.07, 6.45) is 1.62. The number of carbonyl (C=O) groups is 2. The summed E-state index contributed by atoms with van der Waals surface area (Å²) in [6.45, 7) is 5.62. The standard InChI is InChI=1S/C24H19ClN2O5/c1-3-12-31-18-10-6-16(7-11-18)22(28)20-21(15-4-8-17(25)9-5-15)27(24(30)23(20)29)19-13-14(2)32-26-19/h3-11,13,21,28H,1,12H2,2H3/t21-/m1/s1. The van der Waals surface area contributed by atoms with Crippen LogP contribution in [0.15, 0.2) is 77.3 Å². The zero-order valence-electron chi connectivity index (χ0n) is 17.1. The van der Waals surface area contributed by atoms with E-state index in [0.29, 0.717) is 34.3 Å². The van der Waals surface area contributed by atoms with Crippen molar-refractivity contribution in [3.63, 3.8) is 0 Å². The van der Waals surface area contributed by atoms with Crippen LogP contribution in [0.1, 0.15) is 22.9 Å². The Morgan fingerprint density at radius 3 is 2.50 bits per heavy atom. The normalized spacial score (nSPS) is 17.6. The molecule has 32 heavy (non-hydrogen) atoms. The van der Waals surface area contributed by atoms with E-state index < -0.39 is 17.7 Å². The fourth-order valence-electron chi connectivity index (χ4n) is 3.52. The second-order valence-corrected chi connectivity index (χ2v) is 7.58. The first kappa shape index (κ1) is 21.4. The third kappa shape index (κ3) is 3.90. The third-order valence-corrected chi connectivity index (χ3v) is 5.24. The van der Waals surface area contributed by atoms with Crippen LogP contribution in [0.4, 0.5) is 5.82 Å². The Kier molecular flexibility index (Phi) is 5.83. The minimum atomic E-state index is -0.909. The van der Waals surface area contributed by atoms with E-state index in [-0.39, 0.29) is 17.2 Å². The molecule has 1 aliphatic rings. The first-order chi connectivity index (χ1) is 15.4. The quantitative estimate of drug-likeness (QED) is 0.250. The molecular weight excluding hydrogens is 432 g/mol. The number of Topliss-reactive ketones (excluding diaryl/α,β-unsaturated/α-hetero) is 1. The number of ketones is 1.